The third-order valence-electron chi connectivity index (χ3n) is 4.75. The molecule has 152 valence electrons. The Hall–Kier alpha value is -3.23. The Morgan fingerprint density at radius 2 is 1.97 bits per heavy atom. The molecule has 1 unspecified atom stereocenters. The van der Waals surface area contributed by atoms with E-state index in [2.05, 4.69) is 15.0 Å². The smallest absolute Gasteiger partial charge is 0.423 e. The van der Waals surface area contributed by atoms with E-state index < -0.39 is 6.36 Å². The van der Waals surface area contributed by atoms with E-state index >= 15 is 0 Å². The van der Waals surface area contributed by atoms with Crippen LogP contribution in [0, 0.1) is 0 Å². The maximum absolute atomic E-state index is 12.4. The van der Waals surface area contributed by atoms with Crippen LogP contribution in [0.1, 0.15) is 23.2 Å². The monoisotopic (exact) mass is 405 g/mol. The Morgan fingerprint density at radius 1 is 1.21 bits per heavy atom. The second-order valence-electron chi connectivity index (χ2n) is 6.74. The molecule has 1 saturated heterocycles. The van der Waals surface area contributed by atoms with Gasteiger partial charge in [0.2, 0.25) is 0 Å². The third-order valence-corrected chi connectivity index (χ3v) is 4.75. The van der Waals surface area contributed by atoms with E-state index in [1.165, 1.54) is 12.1 Å². The van der Waals surface area contributed by atoms with Gasteiger partial charge in [-0.05, 0) is 49.2 Å². The van der Waals surface area contributed by atoms with Gasteiger partial charge in [0.25, 0.3) is 11.9 Å². The number of oxazole rings is 1. The molecule has 1 atom stereocenters. The standard InChI is InChI=1S/C20H18F3N3O3/c21-20(22,23)29-15-9-7-13(8-10-15)18(27)24-12-14-4-3-11-26(14)19-25-16-5-1-2-6-17(16)28-19/h1-2,5-10,14H,3-4,11-12H2,(H,24,27). The van der Waals surface area contributed by atoms with Gasteiger partial charge in [0.05, 0.1) is 6.04 Å². The fourth-order valence-corrected chi connectivity index (χ4v) is 3.40. The summed E-state index contributed by atoms with van der Waals surface area (Å²) in [6.07, 6.45) is -2.94. The zero-order chi connectivity index (χ0) is 20.4. The van der Waals surface area contributed by atoms with Gasteiger partial charge in [-0.1, -0.05) is 12.1 Å². The van der Waals surface area contributed by atoms with Gasteiger partial charge in [-0.25, -0.2) is 0 Å². The molecule has 1 N–H and O–H groups in total. The molecular formula is C20H18F3N3O3. The summed E-state index contributed by atoms with van der Waals surface area (Å²) < 4.78 is 46.3. The molecule has 2 heterocycles. The van der Waals surface area contributed by atoms with E-state index in [9.17, 15) is 18.0 Å². The maximum atomic E-state index is 12.4. The first-order valence-electron chi connectivity index (χ1n) is 9.15. The van der Waals surface area contributed by atoms with Crippen molar-refractivity contribution >= 4 is 23.0 Å². The molecule has 3 aromatic rings. The Balaban J connectivity index is 1.38. The predicted octanol–water partition coefficient (Wildman–Crippen LogP) is 4.13. The first-order chi connectivity index (χ1) is 13.9. The van der Waals surface area contributed by atoms with E-state index in [1.54, 1.807) is 0 Å². The lowest BCUT2D eigenvalue weighted by Gasteiger charge is -2.23. The summed E-state index contributed by atoms with van der Waals surface area (Å²) in [5.41, 5.74) is 1.74. The van der Waals surface area contributed by atoms with Crippen molar-refractivity contribution in [1.29, 1.82) is 0 Å². The lowest BCUT2D eigenvalue weighted by atomic mass is 10.2. The van der Waals surface area contributed by atoms with Gasteiger partial charge >= 0.3 is 6.36 Å². The molecule has 1 aromatic heterocycles. The molecule has 4 rings (SSSR count). The van der Waals surface area contributed by atoms with Crippen molar-refractivity contribution in [2.75, 3.05) is 18.0 Å². The summed E-state index contributed by atoms with van der Waals surface area (Å²) in [5.74, 6) is -0.736. The average molecular weight is 405 g/mol. The highest BCUT2D eigenvalue weighted by Crippen LogP contribution is 2.28. The minimum atomic E-state index is -4.76. The fourth-order valence-electron chi connectivity index (χ4n) is 3.40. The number of carbonyl (C=O) groups excluding carboxylic acids is 1. The van der Waals surface area contributed by atoms with Crippen LogP contribution in [0.2, 0.25) is 0 Å². The van der Waals surface area contributed by atoms with Crippen molar-refractivity contribution in [3.63, 3.8) is 0 Å². The molecule has 0 bridgehead atoms. The van der Waals surface area contributed by atoms with Crippen LogP contribution in [-0.2, 0) is 0 Å². The van der Waals surface area contributed by atoms with Gasteiger partial charge < -0.3 is 19.4 Å². The molecule has 0 spiro atoms. The number of nitrogens with one attached hydrogen (secondary N) is 1. The number of hydrogen-bond acceptors (Lipinski definition) is 5. The SMILES string of the molecule is O=C(NCC1CCCN1c1nc2ccccc2o1)c1ccc(OC(F)(F)F)cc1. The molecule has 1 aliphatic rings. The Bertz CT molecular complexity index is 968. The molecule has 0 radical (unpaired) electrons. The summed E-state index contributed by atoms with van der Waals surface area (Å²) in [4.78, 5) is 18.9. The molecule has 0 aliphatic carbocycles. The minimum Gasteiger partial charge on any atom is -0.423 e. The maximum Gasteiger partial charge on any atom is 0.573 e. The van der Waals surface area contributed by atoms with Crippen LogP contribution < -0.4 is 15.0 Å². The Labute approximate surface area is 164 Å². The van der Waals surface area contributed by atoms with Crippen LogP contribution in [0.5, 0.6) is 5.75 Å². The van der Waals surface area contributed by atoms with Gasteiger partial charge in [0.15, 0.2) is 5.58 Å². The van der Waals surface area contributed by atoms with Crippen molar-refractivity contribution in [3.05, 3.63) is 54.1 Å². The van der Waals surface area contributed by atoms with Crippen LogP contribution >= 0.6 is 0 Å². The number of halogens is 3. The minimum absolute atomic E-state index is 0.0276. The summed E-state index contributed by atoms with van der Waals surface area (Å²) in [5, 5.41) is 2.83. The summed E-state index contributed by atoms with van der Waals surface area (Å²) >= 11 is 0. The van der Waals surface area contributed by atoms with Crippen LogP contribution in [0.25, 0.3) is 11.1 Å². The highest BCUT2D eigenvalue weighted by Gasteiger charge is 2.31. The molecule has 6 nitrogen and oxygen atoms in total. The number of rotatable bonds is 5. The topological polar surface area (TPSA) is 67.6 Å². The van der Waals surface area contributed by atoms with Crippen LogP contribution in [0.3, 0.4) is 0 Å². The zero-order valence-corrected chi connectivity index (χ0v) is 15.3. The number of carbonyl (C=O) groups is 1. The van der Waals surface area contributed by atoms with E-state index in [0.29, 0.717) is 18.1 Å². The molecule has 1 fully saturated rings. The molecule has 9 heteroatoms. The number of nitrogens with zero attached hydrogens (tertiary/aromatic N) is 2. The first-order valence-corrected chi connectivity index (χ1v) is 9.15. The lowest BCUT2D eigenvalue weighted by molar-refractivity contribution is -0.274. The van der Waals surface area contributed by atoms with Crippen molar-refractivity contribution in [1.82, 2.24) is 10.3 Å². The van der Waals surface area contributed by atoms with E-state index in [4.69, 9.17) is 4.42 Å². The zero-order valence-electron chi connectivity index (χ0n) is 15.3. The highest BCUT2D eigenvalue weighted by molar-refractivity contribution is 5.94. The largest absolute Gasteiger partial charge is 0.573 e. The van der Waals surface area contributed by atoms with Crippen LogP contribution in [0.15, 0.2) is 52.9 Å². The van der Waals surface area contributed by atoms with Crippen molar-refractivity contribution in [3.8, 4) is 5.75 Å². The van der Waals surface area contributed by atoms with Gasteiger partial charge in [-0.3, -0.25) is 4.79 Å². The lowest BCUT2D eigenvalue weighted by Crippen LogP contribution is -2.40. The van der Waals surface area contributed by atoms with Gasteiger partial charge in [0.1, 0.15) is 11.3 Å². The Kier molecular flexibility index (Phi) is 5.04. The molecule has 2 aromatic carbocycles. The van der Waals surface area contributed by atoms with Gasteiger partial charge in [-0.2, -0.15) is 4.98 Å². The molecule has 1 amide bonds. The number of para-hydroxylation sites is 2. The summed E-state index contributed by atoms with van der Waals surface area (Å²) in [6.45, 7) is 1.15. The average Bonchev–Trinajstić information content (AvgIpc) is 3.31. The number of benzene rings is 2. The second kappa shape index (κ2) is 7.65. The summed E-state index contributed by atoms with van der Waals surface area (Å²) in [7, 11) is 0. The number of ether oxygens (including phenoxy) is 1. The molecular weight excluding hydrogens is 387 g/mol. The van der Waals surface area contributed by atoms with Crippen molar-refractivity contribution < 1.29 is 27.1 Å². The normalized spacial score (nSPS) is 16.9. The third kappa shape index (κ3) is 4.44. The van der Waals surface area contributed by atoms with E-state index in [0.717, 1.165) is 37.0 Å². The molecule has 29 heavy (non-hydrogen) atoms. The van der Waals surface area contributed by atoms with Crippen molar-refractivity contribution in [2.45, 2.75) is 25.2 Å². The number of amides is 1. The fraction of sp³-hybridized carbons (Fsp3) is 0.300. The van der Waals surface area contributed by atoms with Crippen molar-refractivity contribution in [2.24, 2.45) is 0 Å². The number of hydrogen-bond donors (Lipinski definition) is 1. The predicted molar refractivity (Wildman–Crippen MR) is 99.8 cm³/mol. The second-order valence-corrected chi connectivity index (χ2v) is 6.74. The number of anilines is 1. The number of alkyl halides is 3. The van der Waals surface area contributed by atoms with Gasteiger partial charge in [-0.15, -0.1) is 13.2 Å². The van der Waals surface area contributed by atoms with Gasteiger partial charge in [0, 0.05) is 18.7 Å². The number of aromatic nitrogens is 1. The van der Waals surface area contributed by atoms with E-state index in [-0.39, 0.29) is 23.3 Å². The highest BCUT2D eigenvalue weighted by atomic mass is 19.4. The quantitative estimate of drug-likeness (QED) is 0.692. The number of fused-ring (bicyclic) bond motifs is 1. The molecule has 1 aliphatic heterocycles. The first kappa shape index (κ1) is 19.1. The Morgan fingerprint density at radius 3 is 2.69 bits per heavy atom. The van der Waals surface area contributed by atoms with Crippen LogP contribution in [0.4, 0.5) is 19.2 Å². The van der Waals surface area contributed by atoms with E-state index in [1.807, 2.05) is 29.2 Å². The molecule has 0 saturated carbocycles. The van der Waals surface area contributed by atoms with Crippen LogP contribution in [-0.4, -0.2) is 36.4 Å². The summed E-state index contributed by atoms with van der Waals surface area (Å²) in [6, 6.07) is 12.9.